The predicted octanol–water partition coefficient (Wildman–Crippen LogP) is 1.98. The van der Waals surface area contributed by atoms with E-state index >= 15 is 0 Å². The monoisotopic (exact) mass is 275 g/mol. The number of carbonyl (C=O) groups is 1. The molecule has 1 amide bonds. The number of rotatable bonds is 5. The van der Waals surface area contributed by atoms with Gasteiger partial charge in [0.2, 0.25) is 5.91 Å². The molecule has 0 spiro atoms. The molecule has 1 aliphatic heterocycles. The molecule has 1 aromatic carbocycles. The Labute approximate surface area is 121 Å². The van der Waals surface area contributed by atoms with Crippen LogP contribution in [0.5, 0.6) is 0 Å². The molecule has 0 saturated heterocycles. The molecule has 1 atom stereocenters. The van der Waals surface area contributed by atoms with Crippen LogP contribution in [0.25, 0.3) is 0 Å². The fourth-order valence-corrected chi connectivity index (χ4v) is 2.64. The molecule has 4 nitrogen and oxygen atoms in total. The fourth-order valence-electron chi connectivity index (χ4n) is 2.64. The first-order chi connectivity index (χ1) is 9.47. The molecule has 0 aromatic heterocycles. The zero-order valence-electron chi connectivity index (χ0n) is 12.6. The van der Waals surface area contributed by atoms with Crippen LogP contribution in [0.1, 0.15) is 44.4 Å². The van der Waals surface area contributed by atoms with Crippen LogP contribution in [0.3, 0.4) is 0 Å². The second-order valence-corrected chi connectivity index (χ2v) is 5.89. The lowest BCUT2D eigenvalue weighted by Gasteiger charge is -2.20. The molecule has 1 heterocycles. The second-order valence-electron chi connectivity index (χ2n) is 5.89. The van der Waals surface area contributed by atoms with Gasteiger partial charge >= 0.3 is 0 Å². The molecule has 1 unspecified atom stereocenters. The third kappa shape index (κ3) is 3.51. The highest BCUT2D eigenvalue weighted by atomic mass is 16.1. The first kappa shape index (κ1) is 14.9. The van der Waals surface area contributed by atoms with Gasteiger partial charge in [-0.3, -0.25) is 4.79 Å². The van der Waals surface area contributed by atoms with Crippen LogP contribution >= 0.6 is 0 Å². The summed E-state index contributed by atoms with van der Waals surface area (Å²) in [5.41, 5.74) is 9.71. The smallest absolute Gasteiger partial charge is 0.221 e. The average molecular weight is 275 g/mol. The van der Waals surface area contributed by atoms with Crippen molar-refractivity contribution in [3.05, 3.63) is 29.3 Å². The maximum Gasteiger partial charge on any atom is 0.221 e. The normalized spacial score (nSPS) is 15.3. The molecule has 2 rings (SSSR count). The highest BCUT2D eigenvalue weighted by molar-refractivity contribution is 5.77. The van der Waals surface area contributed by atoms with Crippen molar-refractivity contribution in [1.29, 1.82) is 0 Å². The van der Waals surface area contributed by atoms with E-state index in [-0.39, 0.29) is 18.0 Å². The molecule has 110 valence electrons. The molecule has 0 radical (unpaired) electrons. The topological polar surface area (TPSA) is 58.4 Å². The van der Waals surface area contributed by atoms with Gasteiger partial charge in [0.25, 0.3) is 0 Å². The number of nitrogens with zero attached hydrogens (tertiary/aromatic N) is 1. The van der Waals surface area contributed by atoms with Crippen molar-refractivity contribution in [3.63, 3.8) is 0 Å². The number of amides is 1. The van der Waals surface area contributed by atoms with Crippen LogP contribution in [0, 0.1) is 0 Å². The van der Waals surface area contributed by atoms with Gasteiger partial charge in [0.15, 0.2) is 0 Å². The van der Waals surface area contributed by atoms with Crippen LogP contribution < -0.4 is 16.0 Å². The van der Waals surface area contributed by atoms with Gasteiger partial charge in [0, 0.05) is 37.3 Å². The maximum atomic E-state index is 11.7. The Morgan fingerprint density at radius 2 is 2.15 bits per heavy atom. The van der Waals surface area contributed by atoms with Gasteiger partial charge in [0.05, 0.1) is 0 Å². The number of nitrogens with one attached hydrogen (secondary N) is 1. The SMILES string of the molecule is CC(C)NC(=O)CCN1CCc2cc(C(C)N)ccc21. The Bertz CT molecular complexity index is 483. The van der Waals surface area contributed by atoms with E-state index in [0.717, 1.165) is 19.5 Å². The van der Waals surface area contributed by atoms with Crippen molar-refractivity contribution in [1.82, 2.24) is 5.32 Å². The Kier molecular flexibility index (Phi) is 4.65. The van der Waals surface area contributed by atoms with E-state index in [1.54, 1.807) is 0 Å². The summed E-state index contributed by atoms with van der Waals surface area (Å²) < 4.78 is 0. The van der Waals surface area contributed by atoms with Crippen molar-refractivity contribution >= 4 is 11.6 Å². The largest absolute Gasteiger partial charge is 0.370 e. The van der Waals surface area contributed by atoms with E-state index in [9.17, 15) is 4.79 Å². The maximum absolute atomic E-state index is 11.7. The summed E-state index contributed by atoms with van der Waals surface area (Å²) in [4.78, 5) is 14.0. The lowest BCUT2D eigenvalue weighted by molar-refractivity contribution is -0.121. The summed E-state index contributed by atoms with van der Waals surface area (Å²) in [5, 5.41) is 2.93. The van der Waals surface area contributed by atoms with Gasteiger partial charge < -0.3 is 16.0 Å². The van der Waals surface area contributed by atoms with Crippen LogP contribution in [-0.4, -0.2) is 25.0 Å². The Morgan fingerprint density at radius 1 is 1.40 bits per heavy atom. The minimum atomic E-state index is 0.0752. The quantitative estimate of drug-likeness (QED) is 0.864. The number of hydrogen-bond acceptors (Lipinski definition) is 3. The molecule has 1 aliphatic rings. The van der Waals surface area contributed by atoms with Crippen LogP contribution in [0.15, 0.2) is 18.2 Å². The van der Waals surface area contributed by atoms with Gasteiger partial charge in [-0.05, 0) is 44.4 Å². The Hall–Kier alpha value is -1.55. The van der Waals surface area contributed by atoms with Gasteiger partial charge in [-0.2, -0.15) is 0 Å². The fraction of sp³-hybridized carbons (Fsp3) is 0.562. The molecular formula is C16H25N3O. The molecule has 20 heavy (non-hydrogen) atoms. The molecule has 3 N–H and O–H groups in total. The molecular weight excluding hydrogens is 250 g/mol. The molecule has 0 saturated carbocycles. The number of fused-ring (bicyclic) bond motifs is 1. The molecule has 4 heteroatoms. The first-order valence-electron chi connectivity index (χ1n) is 7.40. The van der Waals surface area contributed by atoms with E-state index in [4.69, 9.17) is 5.73 Å². The standard InChI is InChI=1S/C16H25N3O/c1-11(2)18-16(20)7-9-19-8-6-14-10-13(12(3)17)4-5-15(14)19/h4-5,10-12H,6-9,17H2,1-3H3,(H,18,20). The number of benzene rings is 1. The zero-order chi connectivity index (χ0) is 14.7. The zero-order valence-corrected chi connectivity index (χ0v) is 12.6. The molecule has 1 aromatic rings. The van der Waals surface area contributed by atoms with E-state index in [0.29, 0.717) is 6.42 Å². The Morgan fingerprint density at radius 3 is 2.80 bits per heavy atom. The summed E-state index contributed by atoms with van der Waals surface area (Å²) >= 11 is 0. The number of hydrogen-bond donors (Lipinski definition) is 2. The van der Waals surface area contributed by atoms with E-state index < -0.39 is 0 Å². The predicted molar refractivity (Wildman–Crippen MR) is 82.9 cm³/mol. The summed E-state index contributed by atoms with van der Waals surface area (Å²) in [5.74, 6) is 0.126. The minimum Gasteiger partial charge on any atom is -0.370 e. The number of nitrogens with two attached hydrogens (primary N) is 1. The number of carbonyl (C=O) groups excluding carboxylic acids is 1. The summed E-state index contributed by atoms with van der Waals surface area (Å²) in [7, 11) is 0. The van der Waals surface area contributed by atoms with Crippen LogP contribution in [-0.2, 0) is 11.2 Å². The minimum absolute atomic E-state index is 0.0752. The highest BCUT2D eigenvalue weighted by Gasteiger charge is 2.20. The highest BCUT2D eigenvalue weighted by Crippen LogP contribution is 2.30. The average Bonchev–Trinajstić information content (AvgIpc) is 2.77. The molecule has 0 bridgehead atoms. The van der Waals surface area contributed by atoms with E-state index in [1.165, 1.54) is 16.8 Å². The van der Waals surface area contributed by atoms with Gasteiger partial charge in [0.1, 0.15) is 0 Å². The van der Waals surface area contributed by atoms with Crippen LogP contribution in [0.4, 0.5) is 5.69 Å². The van der Waals surface area contributed by atoms with Crippen molar-refractivity contribution in [2.75, 3.05) is 18.0 Å². The Balaban J connectivity index is 1.96. The van der Waals surface area contributed by atoms with Crippen molar-refractivity contribution in [2.45, 2.75) is 45.7 Å². The van der Waals surface area contributed by atoms with Gasteiger partial charge in [-0.25, -0.2) is 0 Å². The number of anilines is 1. The van der Waals surface area contributed by atoms with Crippen molar-refractivity contribution in [3.8, 4) is 0 Å². The molecule has 0 aliphatic carbocycles. The van der Waals surface area contributed by atoms with Gasteiger partial charge in [-0.15, -0.1) is 0 Å². The van der Waals surface area contributed by atoms with Gasteiger partial charge in [-0.1, -0.05) is 12.1 Å². The summed E-state index contributed by atoms with van der Waals surface area (Å²) in [6.07, 6.45) is 1.59. The second kappa shape index (κ2) is 6.27. The van der Waals surface area contributed by atoms with E-state index in [2.05, 4.69) is 28.4 Å². The van der Waals surface area contributed by atoms with Crippen LogP contribution in [0.2, 0.25) is 0 Å². The molecule has 0 fully saturated rings. The summed E-state index contributed by atoms with van der Waals surface area (Å²) in [6, 6.07) is 6.72. The summed E-state index contributed by atoms with van der Waals surface area (Å²) in [6.45, 7) is 7.75. The third-order valence-corrected chi connectivity index (χ3v) is 3.68. The van der Waals surface area contributed by atoms with Crippen molar-refractivity contribution in [2.24, 2.45) is 5.73 Å². The third-order valence-electron chi connectivity index (χ3n) is 3.68. The first-order valence-corrected chi connectivity index (χ1v) is 7.40. The lowest BCUT2D eigenvalue weighted by atomic mass is 10.0. The lowest BCUT2D eigenvalue weighted by Crippen LogP contribution is -2.33. The van der Waals surface area contributed by atoms with E-state index in [1.807, 2.05) is 20.8 Å². The van der Waals surface area contributed by atoms with Crippen molar-refractivity contribution < 1.29 is 4.79 Å².